The molecule has 1 fully saturated rings. The van der Waals surface area contributed by atoms with Crippen molar-refractivity contribution in [3.63, 3.8) is 0 Å². The minimum absolute atomic E-state index is 0.112. The van der Waals surface area contributed by atoms with Gasteiger partial charge in [-0.2, -0.15) is 0 Å². The van der Waals surface area contributed by atoms with Crippen LogP contribution < -0.4 is 10.2 Å². The van der Waals surface area contributed by atoms with Crippen LogP contribution >= 0.6 is 0 Å². The first-order chi connectivity index (χ1) is 12.9. The number of hydrogen-bond acceptors (Lipinski definition) is 4. The molecule has 1 aliphatic heterocycles. The standard InChI is InChI=1S/C20H22N2O4S/c1-15-14-16(9-10-18(15)22-12-5-8-20(22)24)21-19(23)11-13-27(25,26)17-6-3-2-4-7-17/h2-4,6-7,9-10,14H,5,8,11-13H2,1H3,(H,21,23). The molecular formula is C20H22N2O4S. The number of nitrogens with zero attached hydrogens (tertiary/aromatic N) is 1. The highest BCUT2D eigenvalue weighted by Gasteiger charge is 2.23. The van der Waals surface area contributed by atoms with E-state index in [0.717, 1.165) is 17.7 Å². The quantitative estimate of drug-likeness (QED) is 0.827. The maximum Gasteiger partial charge on any atom is 0.227 e. The summed E-state index contributed by atoms with van der Waals surface area (Å²) in [4.78, 5) is 26.0. The highest BCUT2D eigenvalue weighted by molar-refractivity contribution is 7.91. The Bertz CT molecular complexity index is 955. The maximum atomic E-state index is 12.2. The lowest BCUT2D eigenvalue weighted by molar-refractivity contribution is -0.117. The van der Waals surface area contributed by atoms with Crippen LogP contribution in [0.4, 0.5) is 11.4 Å². The van der Waals surface area contributed by atoms with Gasteiger partial charge in [-0.1, -0.05) is 18.2 Å². The van der Waals surface area contributed by atoms with Crippen LogP contribution in [0, 0.1) is 6.92 Å². The molecule has 0 bridgehead atoms. The van der Waals surface area contributed by atoms with Gasteiger partial charge in [0.25, 0.3) is 0 Å². The second kappa shape index (κ2) is 7.92. The Hall–Kier alpha value is -2.67. The van der Waals surface area contributed by atoms with E-state index in [4.69, 9.17) is 0 Å². The summed E-state index contributed by atoms with van der Waals surface area (Å²) in [6, 6.07) is 13.4. The van der Waals surface area contributed by atoms with E-state index in [1.54, 1.807) is 35.2 Å². The van der Waals surface area contributed by atoms with E-state index >= 15 is 0 Å². The number of nitrogens with one attached hydrogen (secondary N) is 1. The van der Waals surface area contributed by atoms with E-state index in [2.05, 4.69) is 5.32 Å². The van der Waals surface area contributed by atoms with Gasteiger partial charge >= 0.3 is 0 Å². The summed E-state index contributed by atoms with van der Waals surface area (Å²) in [7, 11) is -3.48. The van der Waals surface area contributed by atoms with Crippen LogP contribution in [0.1, 0.15) is 24.8 Å². The van der Waals surface area contributed by atoms with Crippen molar-refractivity contribution in [1.29, 1.82) is 0 Å². The molecule has 1 heterocycles. The van der Waals surface area contributed by atoms with Gasteiger partial charge in [0.05, 0.1) is 10.6 Å². The van der Waals surface area contributed by atoms with E-state index in [1.165, 1.54) is 12.1 Å². The highest BCUT2D eigenvalue weighted by Crippen LogP contribution is 2.27. The zero-order valence-electron chi connectivity index (χ0n) is 15.1. The lowest BCUT2D eigenvalue weighted by Crippen LogP contribution is -2.24. The van der Waals surface area contributed by atoms with Crippen LogP contribution in [-0.4, -0.2) is 32.5 Å². The molecule has 2 amide bonds. The van der Waals surface area contributed by atoms with Gasteiger partial charge in [0.2, 0.25) is 11.8 Å². The van der Waals surface area contributed by atoms with Crippen LogP contribution in [0.3, 0.4) is 0 Å². The second-order valence-corrected chi connectivity index (χ2v) is 8.69. The molecule has 1 N–H and O–H groups in total. The maximum absolute atomic E-state index is 12.2. The normalized spacial score (nSPS) is 14.4. The van der Waals surface area contributed by atoms with Gasteiger partial charge in [-0.25, -0.2) is 8.42 Å². The van der Waals surface area contributed by atoms with Crippen molar-refractivity contribution in [2.24, 2.45) is 0 Å². The van der Waals surface area contributed by atoms with Crippen molar-refractivity contribution >= 4 is 33.0 Å². The van der Waals surface area contributed by atoms with Crippen LogP contribution in [0.5, 0.6) is 0 Å². The Balaban J connectivity index is 1.61. The average Bonchev–Trinajstić information content (AvgIpc) is 3.07. The predicted octanol–water partition coefficient (Wildman–Crippen LogP) is 2.92. The number of carbonyl (C=O) groups excluding carboxylic acids is 2. The first-order valence-corrected chi connectivity index (χ1v) is 10.5. The second-order valence-electron chi connectivity index (χ2n) is 6.58. The third kappa shape index (κ3) is 4.54. The first-order valence-electron chi connectivity index (χ1n) is 8.85. The Labute approximate surface area is 159 Å². The number of rotatable bonds is 6. The van der Waals surface area contributed by atoms with Gasteiger partial charge in [0.15, 0.2) is 9.84 Å². The summed E-state index contributed by atoms with van der Waals surface area (Å²) in [5.41, 5.74) is 2.33. The van der Waals surface area contributed by atoms with Crippen molar-refractivity contribution in [2.75, 3.05) is 22.5 Å². The van der Waals surface area contributed by atoms with Gasteiger partial charge in [0.1, 0.15) is 0 Å². The first kappa shape index (κ1) is 19.1. The smallest absolute Gasteiger partial charge is 0.227 e. The zero-order chi connectivity index (χ0) is 19.4. The highest BCUT2D eigenvalue weighted by atomic mass is 32.2. The van der Waals surface area contributed by atoms with Gasteiger partial charge in [0, 0.05) is 30.8 Å². The molecule has 0 aromatic heterocycles. The molecule has 6 nitrogen and oxygen atoms in total. The summed E-state index contributed by atoms with van der Waals surface area (Å²) >= 11 is 0. The van der Waals surface area contributed by atoms with E-state index in [-0.39, 0.29) is 28.9 Å². The van der Waals surface area contributed by atoms with Crippen LogP contribution in [0.2, 0.25) is 0 Å². The molecule has 1 aliphatic rings. The minimum Gasteiger partial charge on any atom is -0.326 e. The molecule has 27 heavy (non-hydrogen) atoms. The van der Waals surface area contributed by atoms with Crippen molar-refractivity contribution in [1.82, 2.24) is 0 Å². The molecule has 2 aromatic carbocycles. The third-order valence-corrected chi connectivity index (χ3v) is 6.28. The lowest BCUT2D eigenvalue weighted by Gasteiger charge is -2.19. The van der Waals surface area contributed by atoms with Crippen molar-refractivity contribution in [3.8, 4) is 0 Å². The number of carbonyl (C=O) groups is 2. The van der Waals surface area contributed by atoms with Crippen molar-refractivity contribution in [3.05, 3.63) is 54.1 Å². The fourth-order valence-electron chi connectivity index (χ4n) is 3.14. The molecule has 1 saturated heterocycles. The monoisotopic (exact) mass is 386 g/mol. The van der Waals surface area contributed by atoms with Gasteiger partial charge in [-0.05, 0) is 49.2 Å². The zero-order valence-corrected chi connectivity index (χ0v) is 16.0. The summed E-state index contributed by atoms with van der Waals surface area (Å²) in [6.45, 7) is 2.60. The van der Waals surface area contributed by atoms with E-state index < -0.39 is 9.84 Å². The number of anilines is 2. The van der Waals surface area contributed by atoms with Gasteiger partial charge in [-0.3, -0.25) is 9.59 Å². The number of amides is 2. The van der Waals surface area contributed by atoms with Crippen LogP contribution in [-0.2, 0) is 19.4 Å². The third-order valence-electron chi connectivity index (χ3n) is 4.54. The molecular weight excluding hydrogens is 364 g/mol. The molecule has 7 heteroatoms. The van der Waals surface area contributed by atoms with Crippen molar-refractivity contribution in [2.45, 2.75) is 31.1 Å². The molecule has 3 rings (SSSR count). The van der Waals surface area contributed by atoms with E-state index in [1.807, 2.05) is 13.0 Å². The van der Waals surface area contributed by atoms with Gasteiger partial charge < -0.3 is 10.2 Å². The Morgan fingerprint density at radius 1 is 1.15 bits per heavy atom. The Morgan fingerprint density at radius 3 is 2.52 bits per heavy atom. The summed E-state index contributed by atoms with van der Waals surface area (Å²) in [5, 5.41) is 2.73. The lowest BCUT2D eigenvalue weighted by atomic mass is 10.1. The predicted molar refractivity (Wildman–Crippen MR) is 105 cm³/mol. The van der Waals surface area contributed by atoms with E-state index in [0.29, 0.717) is 18.7 Å². The van der Waals surface area contributed by atoms with Crippen LogP contribution in [0.25, 0.3) is 0 Å². The average molecular weight is 386 g/mol. The number of hydrogen-bond donors (Lipinski definition) is 1. The number of sulfone groups is 1. The summed E-state index contributed by atoms with van der Waals surface area (Å²) in [6.07, 6.45) is 1.29. The van der Waals surface area contributed by atoms with E-state index in [9.17, 15) is 18.0 Å². The van der Waals surface area contributed by atoms with Crippen molar-refractivity contribution < 1.29 is 18.0 Å². The van der Waals surface area contributed by atoms with Crippen LogP contribution in [0.15, 0.2) is 53.4 Å². The molecule has 0 saturated carbocycles. The molecule has 0 spiro atoms. The molecule has 0 aliphatic carbocycles. The summed E-state index contributed by atoms with van der Waals surface area (Å²) in [5.74, 6) is -0.498. The fourth-order valence-corrected chi connectivity index (χ4v) is 4.40. The number of benzene rings is 2. The number of aryl methyl sites for hydroxylation is 1. The molecule has 0 radical (unpaired) electrons. The summed E-state index contributed by atoms with van der Waals surface area (Å²) < 4.78 is 24.5. The fraction of sp³-hybridized carbons (Fsp3) is 0.300. The SMILES string of the molecule is Cc1cc(NC(=O)CCS(=O)(=O)c2ccccc2)ccc1N1CCCC1=O. The van der Waals surface area contributed by atoms with Gasteiger partial charge in [-0.15, -0.1) is 0 Å². The minimum atomic E-state index is -3.48. The molecule has 142 valence electrons. The Kier molecular flexibility index (Phi) is 5.60. The molecule has 2 aromatic rings. The largest absolute Gasteiger partial charge is 0.326 e. The Morgan fingerprint density at radius 2 is 1.89 bits per heavy atom. The molecule has 0 unspecified atom stereocenters. The topological polar surface area (TPSA) is 83.6 Å². The molecule has 0 atom stereocenters.